The standard InChI is InChI=1S/C40H23N3S2/c1-2-13-25(14-3-1)37-29-18-8-10-20-31(29)41-40(42-37)43-38-36(35-26-15-5-4-12-24(26)22-23-33(35)45-43)28-17-7-6-16-27(28)34-30-19-9-11-21-32(30)44-39(34)38/h1-23H/i1D. The zero-order chi connectivity index (χ0) is 30.4. The Morgan fingerprint density at radius 3 is 2.16 bits per heavy atom. The van der Waals surface area contributed by atoms with Crippen LogP contribution < -0.4 is 4.31 Å². The molecule has 2 aromatic heterocycles. The van der Waals surface area contributed by atoms with Gasteiger partial charge < -0.3 is 0 Å². The third-order valence-electron chi connectivity index (χ3n) is 8.81. The lowest BCUT2D eigenvalue weighted by Gasteiger charge is -2.32. The number of aromatic nitrogens is 2. The Bertz CT molecular complexity index is 2700. The number of thiophene rings is 1. The molecule has 0 fully saturated rings. The van der Waals surface area contributed by atoms with Gasteiger partial charge in [-0.05, 0) is 51.7 Å². The Morgan fingerprint density at radius 1 is 0.578 bits per heavy atom. The van der Waals surface area contributed by atoms with Crippen molar-refractivity contribution >= 4 is 87.5 Å². The molecule has 0 unspecified atom stereocenters. The van der Waals surface area contributed by atoms with Crippen LogP contribution in [0, 0.1) is 0 Å². The SMILES string of the molecule is [2H]c1ccc(-c2nc(N3Sc4ccc5ccccc5c4-c4c3c3sc5ccccc5c3c3ccccc43)nc3ccccc23)cc1. The highest BCUT2D eigenvalue weighted by atomic mass is 32.2. The highest BCUT2D eigenvalue weighted by Crippen LogP contribution is 2.59. The van der Waals surface area contributed by atoms with E-state index in [9.17, 15) is 0 Å². The van der Waals surface area contributed by atoms with Gasteiger partial charge in [0.25, 0.3) is 0 Å². The maximum Gasteiger partial charge on any atom is 0.241 e. The van der Waals surface area contributed by atoms with E-state index in [0.717, 1.165) is 27.8 Å². The van der Waals surface area contributed by atoms with Crippen molar-refractivity contribution in [3.05, 3.63) is 140 Å². The van der Waals surface area contributed by atoms with E-state index < -0.39 is 0 Å². The van der Waals surface area contributed by atoms with Gasteiger partial charge in [-0.25, -0.2) is 14.3 Å². The lowest BCUT2D eigenvalue weighted by atomic mass is 9.90. The van der Waals surface area contributed by atoms with Crippen LogP contribution >= 0.6 is 23.3 Å². The number of para-hydroxylation sites is 1. The zero-order valence-electron chi connectivity index (χ0n) is 24.9. The molecule has 0 aliphatic carbocycles. The summed E-state index contributed by atoms with van der Waals surface area (Å²) in [4.78, 5) is 11.8. The van der Waals surface area contributed by atoms with Crippen molar-refractivity contribution in [2.24, 2.45) is 0 Å². The van der Waals surface area contributed by atoms with E-state index in [1.54, 1.807) is 11.9 Å². The van der Waals surface area contributed by atoms with Crippen LogP contribution in [0.15, 0.2) is 144 Å². The number of fused-ring (bicyclic) bond motifs is 13. The van der Waals surface area contributed by atoms with Gasteiger partial charge in [-0.2, -0.15) is 0 Å². The van der Waals surface area contributed by atoms with Crippen LogP contribution in [-0.4, -0.2) is 9.97 Å². The lowest BCUT2D eigenvalue weighted by molar-refractivity contribution is 1.17. The number of hydrogen-bond acceptors (Lipinski definition) is 5. The van der Waals surface area contributed by atoms with Crippen molar-refractivity contribution in [2.75, 3.05) is 4.31 Å². The summed E-state index contributed by atoms with van der Waals surface area (Å²) < 4.78 is 12.8. The molecule has 5 heteroatoms. The molecule has 3 heterocycles. The van der Waals surface area contributed by atoms with Gasteiger partial charge in [0.2, 0.25) is 5.95 Å². The topological polar surface area (TPSA) is 29.0 Å². The second-order valence-electron chi connectivity index (χ2n) is 11.3. The van der Waals surface area contributed by atoms with Crippen LogP contribution in [0.1, 0.15) is 1.37 Å². The highest BCUT2D eigenvalue weighted by molar-refractivity contribution is 8.01. The summed E-state index contributed by atoms with van der Waals surface area (Å²) in [6.45, 7) is 0. The fourth-order valence-electron chi connectivity index (χ4n) is 6.88. The third-order valence-corrected chi connectivity index (χ3v) is 11.1. The normalized spacial score (nSPS) is 13.1. The Morgan fingerprint density at radius 2 is 1.29 bits per heavy atom. The van der Waals surface area contributed by atoms with Crippen molar-refractivity contribution in [2.45, 2.75) is 4.90 Å². The fourth-order valence-corrected chi connectivity index (χ4v) is 9.26. The first-order valence-corrected chi connectivity index (χ1v) is 16.5. The quantitative estimate of drug-likeness (QED) is 0.182. The molecule has 0 bridgehead atoms. The van der Waals surface area contributed by atoms with Crippen LogP contribution in [0.4, 0.5) is 11.6 Å². The molecule has 1 aliphatic rings. The molecule has 45 heavy (non-hydrogen) atoms. The summed E-state index contributed by atoms with van der Waals surface area (Å²) in [5.41, 5.74) is 6.33. The first-order valence-electron chi connectivity index (χ1n) is 15.4. The van der Waals surface area contributed by atoms with Crippen molar-refractivity contribution in [1.29, 1.82) is 0 Å². The first-order chi connectivity index (χ1) is 22.7. The molecule has 10 rings (SSSR count). The van der Waals surface area contributed by atoms with Gasteiger partial charge >= 0.3 is 0 Å². The molecule has 9 aromatic rings. The predicted octanol–water partition coefficient (Wildman–Crippen LogP) is 11.8. The highest BCUT2D eigenvalue weighted by Gasteiger charge is 2.33. The molecule has 0 radical (unpaired) electrons. The number of hydrogen-bond donors (Lipinski definition) is 0. The molecule has 210 valence electrons. The summed E-state index contributed by atoms with van der Waals surface area (Å²) in [7, 11) is 0. The van der Waals surface area contributed by atoms with Crippen LogP contribution in [0.3, 0.4) is 0 Å². The van der Waals surface area contributed by atoms with E-state index in [1.807, 2.05) is 47.7 Å². The molecule has 7 aromatic carbocycles. The van der Waals surface area contributed by atoms with E-state index in [4.69, 9.17) is 11.3 Å². The minimum absolute atomic E-state index is 0.478. The largest absolute Gasteiger partial charge is 0.246 e. The Labute approximate surface area is 269 Å². The minimum atomic E-state index is 0.478. The van der Waals surface area contributed by atoms with Gasteiger partial charge in [0.1, 0.15) is 0 Å². The average molecular weight is 611 g/mol. The van der Waals surface area contributed by atoms with Crippen LogP contribution in [-0.2, 0) is 0 Å². The predicted molar refractivity (Wildman–Crippen MR) is 193 cm³/mol. The van der Waals surface area contributed by atoms with Gasteiger partial charge in [0, 0.05) is 42.4 Å². The van der Waals surface area contributed by atoms with Gasteiger partial charge in [0.15, 0.2) is 0 Å². The van der Waals surface area contributed by atoms with Crippen molar-refractivity contribution in [1.82, 2.24) is 9.97 Å². The van der Waals surface area contributed by atoms with Crippen LogP contribution in [0.25, 0.3) is 75.0 Å². The maximum atomic E-state index is 8.07. The molecule has 1 aliphatic heterocycles. The monoisotopic (exact) mass is 610 g/mol. The summed E-state index contributed by atoms with van der Waals surface area (Å²) in [5.74, 6) is 0.641. The maximum absolute atomic E-state index is 8.07. The summed E-state index contributed by atoms with van der Waals surface area (Å²) in [6.07, 6.45) is 0. The summed E-state index contributed by atoms with van der Waals surface area (Å²) >= 11 is 3.54. The Hall–Kier alpha value is -5.23. The second-order valence-corrected chi connectivity index (χ2v) is 13.3. The number of nitrogens with zero attached hydrogens (tertiary/aromatic N) is 3. The molecular formula is C40H23N3S2. The smallest absolute Gasteiger partial charge is 0.241 e. The van der Waals surface area contributed by atoms with E-state index >= 15 is 0 Å². The van der Waals surface area contributed by atoms with Gasteiger partial charge in [-0.3, -0.25) is 0 Å². The van der Waals surface area contributed by atoms with E-state index in [-0.39, 0.29) is 0 Å². The molecular weight excluding hydrogens is 587 g/mol. The fraction of sp³-hybridized carbons (Fsp3) is 0. The molecule has 0 saturated carbocycles. The third kappa shape index (κ3) is 3.65. The minimum Gasteiger partial charge on any atom is -0.246 e. The van der Waals surface area contributed by atoms with Crippen LogP contribution in [0.2, 0.25) is 0 Å². The average Bonchev–Trinajstić information content (AvgIpc) is 3.51. The number of anilines is 2. The van der Waals surface area contributed by atoms with E-state index in [0.29, 0.717) is 12.0 Å². The Kier molecular flexibility index (Phi) is 5.17. The first kappa shape index (κ1) is 24.1. The second kappa shape index (κ2) is 9.63. The zero-order valence-corrected chi connectivity index (χ0v) is 25.5. The van der Waals surface area contributed by atoms with Gasteiger partial charge in [-0.15, -0.1) is 11.3 Å². The molecule has 0 amide bonds. The summed E-state index contributed by atoms with van der Waals surface area (Å²) in [5, 5.41) is 8.49. The summed E-state index contributed by atoms with van der Waals surface area (Å²) in [6, 6.07) is 47.1. The lowest BCUT2D eigenvalue weighted by Crippen LogP contribution is -2.16. The van der Waals surface area contributed by atoms with Crippen molar-refractivity contribution in [3.63, 3.8) is 0 Å². The van der Waals surface area contributed by atoms with E-state index in [2.05, 4.69) is 101 Å². The molecule has 0 saturated heterocycles. The molecule has 0 spiro atoms. The number of benzene rings is 7. The van der Waals surface area contributed by atoms with Crippen molar-refractivity contribution in [3.8, 4) is 22.4 Å². The number of rotatable bonds is 2. The van der Waals surface area contributed by atoms with Gasteiger partial charge in [-0.1, -0.05) is 121 Å². The van der Waals surface area contributed by atoms with Crippen molar-refractivity contribution < 1.29 is 1.37 Å². The van der Waals surface area contributed by atoms with Gasteiger partial charge in [0.05, 0.1) is 23.0 Å². The van der Waals surface area contributed by atoms with E-state index in [1.165, 1.54) is 57.7 Å². The molecule has 3 nitrogen and oxygen atoms in total. The molecule has 0 atom stereocenters. The Balaban J connectivity index is 1.37. The van der Waals surface area contributed by atoms with Crippen LogP contribution in [0.5, 0.6) is 0 Å². The molecule has 0 N–H and O–H groups in total.